The standard InChI is InChI=1S/C13H18N2/c1-3-10(2)15-12-8-4-6-11-7-5-9-14-13(11)12/h3,5,7,9-10,12,15H,1,4,6,8H2,2H3. The van der Waals surface area contributed by atoms with Gasteiger partial charge in [0.05, 0.1) is 11.7 Å². The van der Waals surface area contributed by atoms with Gasteiger partial charge in [0.1, 0.15) is 0 Å². The van der Waals surface area contributed by atoms with Crippen molar-refractivity contribution in [2.45, 2.75) is 38.3 Å². The van der Waals surface area contributed by atoms with Crippen molar-refractivity contribution in [2.24, 2.45) is 0 Å². The molecule has 1 heterocycles. The molecule has 0 bridgehead atoms. The van der Waals surface area contributed by atoms with Gasteiger partial charge in [-0.05, 0) is 37.8 Å². The van der Waals surface area contributed by atoms with E-state index in [-0.39, 0.29) is 0 Å². The van der Waals surface area contributed by atoms with E-state index in [0.29, 0.717) is 12.1 Å². The summed E-state index contributed by atoms with van der Waals surface area (Å²) in [5.74, 6) is 0. The molecule has 0 fully saturated rings. The van der Waals surface area contributed by atoms with E-state index in [1.807, 2.05) is 18.3 Å². The van der Waals surface area contributed by atoms with Crippen LogP contribution in [0.3, 0.4) is 0 Å². The van der Waals surface area contributed by atoms with E-state index in [4.69, 9.17) is 0 Å². The first-order chi connectivity index (χ1) is 7.31. The highest BCUT2D eigenvalue weighted by atomic mass is 15.0. The molecule has 0 saturated heterocycles. The summed E-state index contributed by atoms with van der Waals surface area (Å²) < 4.78 is 0. The summed E-state index contributed by atoms with van der Waals surface area (Å²) in [5.41, 5.74) is 2.63. The molecule has 0 radical (unpaired) electrons. The first-order valence-electron chi connectivity index (χ1n) is 5.63. The first kappa shape index (κ1) is 10.4. The Morgan fingerprint density at radius 1 is 1.67 bits per heavy atom. The Balaban J connectivity index is 2.18. The lowest BCUT2D eigenvalue weighted by atomic mass is 9.91. The Labute approximate surface area is 91.4 Å². The molecule has 1 aromatic heterocycles. The molecule has 0 amide bonds. The van der Waals surface area contributed by atoms with Crippen LogP contribution in [0.4, 0.5) is 0 Å². The van der Waals surface area contributed by atoms with E-state index in [1.165, 1.54) is 30.5 Å². The molecule has 0 aliphatic heterocycles. The molecule has 2 atom stereocenters. The number of fused-ring (bicyclic) bond motifs is 1. The van der Waals surface area contributed by atoms with Crippen molar-refractivity contribution in [3.8, 4) is 0 Å². The van der Waals surface area contributed by atoms with Gasteiger partial charge in [-0.1, -0.05) is 12.1 Å². The third kappa shape index (κ3) is 2.26. The van der Waals surface area contributed by atoms with E-state index in [9.17, 15) is 0 Å². The molecule has 1 aromatic rings. The number of hydrogen-bond donors (Lipinski definition) is 1. The van der Waals surface area contributed by atoms with Crippen molar-refractivity contribution in [1.29, 1.82) is 0 Å². The van der Waals surface area contributed by atoms with E-state index in [2.05, 4.69) is 29.9 Å². The molecule has 15 heavy (non-hydrogen) atoms. The zero-order chi connectivity index (χ0) is 10.7. The highest BCUT2D eigenvalue weighted by Crippen LogP contribution is 2.27. The minimum Gasteiger partial charge on any atom is -0.303 e. The normalized spacial score (nSPS) is 21.8. The minimum atomic E-state index is 0.350. The van der Waals surface area contributed by atoms with Crippen molar-refractivity contribution in [1.82, 2.24) is 10.3 Å². The van der Waals surface area contributed by atoms with Crippen LogP contribution in [-0.2, 0) is 6.42 Å². The predicted octanol–water partition coefficient (Wildman–Crippen LogP) is 2.62. The van der Waals surface area contributed by atoms with Gasteiger partial charge in [0.2, 0.25) is 0 Å². The average molecular weight is 202 g/mol. The van der Waals surface area contributed by atoms with Crippen LogP contribution in [-0.4, -0.2) is 11.0 Å². The van der Waals surface area contributed by atoms with Crippen molar-refractivity contribution < 1.29 is 0 Å². The maximum absolute atomic E-state index is 4.49. The summed E-state index contributed by atoms with van der Waals surface area (Å²) in [6.45, 7) is 5.93. The van der Waals surface area contributed by atoms with Gasteiger partial charge in [-0.25, -0.2) is 0 Å². The number of rotatable bonds is 3. The van der Waals surface area contributed by atoms with E-state index >= 15 is 0 Å². The van der Waals surface area contributed by atoms with Crippen LogP contribution in [0.1, 0.15) is 37.1 Å². The summed E-state index contributed by atoms with van der Waals surface area (Å²) >= 11 is 0. The molecular formula is C13H18N2. The first-order valence-corrected chi connectivity index (χ1v) is 5.63. The van der Waals surface area contributed by atoms with Gasteiger partial charge < -0.3 is 5.32 Å². The number of hydrogen-bond acceptors (Lipinski definition) is 2. The predicted molar refractivity (Wildman–Crippen MR) is 62.7 cm³/mol. The van der Waals surface area contributed by atoms with Crippen LogP contribution in [0.25, 0.3) is 0 Å². The van der Waals surface area contributed by atoms with Gasteiger partial charge in [-0.15, -0.1) is 6.58 Å². The summed E-state index contributed by atoms with van der Waals surface area (Å²) in [5, 5.41) is 3.54. The lowest BCUT2D eigenvalue weighted by Crippen LogP contribution is -2.32. The Morgan fingerprint density at radius 3 is 3.33 bits per heavy atom. The number of nitrogens with zero attached hydrogens (tertiary/aromatic N) is 1. The summed E-state index contributed by atoms with van der Waals surface area (Å²) in [6, 6.07) is 4.97. The fraction of sp³-hybridized carbons (Fsp3) is 0.462. The maximum atomic E-state index is 4.49. The van der Waals surface area contributed by atoms with Crippen molar-refractivity contribution in [3.05, 3.63) is 42.2 Å². The van der Waals surface area contributed by atoms with Crippen molar-refractivity contribution in [3.63, 3.8) is 0 Å². The fourth-order valence-corrected chi connectivity index (χ4v) is 2.16. The molecule has 2 heteroatoms. The number of nitrogens with one attached hydrogen (secondary N) is 1. The van der Waals surface area contributed by atoms with Crippen LogP contribution < -0.4 is 5.32 Å². The van der Waals surface area contributed by atoms with E-state index < -0.39 is 0 Å². The number of aryl methyl sites for hydroxylation is 1. The largest absolute Gasteiger partial charge is 0.303 e. The molecule has 80 valence electrons. The summed E-state index contributed by atoms with van der Waals surface area (Å²) in [7, 11) is 0. The van der Waals surface area contributed by atoms with Gasteiger partial charge in [-0.2, -0.15) is 0 Å². The van der Waals surface area contributed by atoms with Crippen molar-refractivity contribution in [2.75, 3.05) is 0 Å². The van der Waals surface area contributed by atoms with Crippen LogP contribution in [0.15, 0.2) is 31.0 Å². The number of aromatic nitrogens is 1. The third-order valence-electron chi connectivity index (χ3n) is 3.01. The van der Waals surface area contributed by atoms with Crippen LogP contribution >= 0.6 is 0 Å². The van der Waals surface area contributed by atoms with Crippen LogP contribution in [0, 0.1) is 0 Å². The Hall–Kier alpha value is -1.15. The maximum Gasteiger partial charge on any atom is 0.0605 e. The average Bonchev–Trinajstić information content (AvgIpc) is 2.29. The highest BCUT2D eigenvalue weighted by Gasteiger charge is 2.21. The molecule has 1 aliphatic carbocycles. The SMILES string of the molecule is C=CC(C)NC1CCCc2cccnc21. The quantitative estimate of drug-likeness (QED) is 0.762. The van der Waals surface area contributed by atoms with Gasteiger partial charge in [0.15, 0.2) is 0 Å². The molecule has 0 aromatic carbocycles. The molecular weight excluding hydrogens is 184 g/mol. The zero-order valence-electron chi connectivity index (χ0n) is 9.24. The van der Waals surface area contributed by atoms with Gasteiger partial charge >= 0.3 is 0 Å². The topological polar surface area (TPSA) is 24.9 Å². The minimum absolute atomic E-state index is 0.350. The summed E-state index contributed by atoms with van der Waals surface area (Å²) in [6.07, 6.45) is 7.43. The van der Waals surface area contributed by atoms with Crippen molar-refractivity contribution >= 4 is 0 Å². The van der Waals surface area contributed by atoms with E-state index in [1.54, 1.807) is 0 Å². The Kier molecular flexibility index (Phi) is 3.17. The Morgan fingerprint density at radius 2 is 2.53 bits per heavy atom. The second kappa shape index (κ2) is 4.58. The number of pyridine rings is 1. The molecule has 0 spiro atoms. The second-order valence-electron chi connectivity index (χ2n) is 4.18. The lowest BCUT2D eigenvalue weighted by molar-refractivity contribution is 0.430. The van der Waals surface area contributed by atoms with Gasteiger partial charge in [0.25, 0.3) is 0 Å². The van der Waals surface area contributed by atoms with E-state index in [0.717, 1.165) is 0 Å². The Bertz CT molecular complexity index is 346. The van der Waals surface area contributed by atoms with Crippen LogP contribution in [0.2, 0.25) is 0 Å². The molecule has 2 nitrogen and oxygen atoms in total. The molecule has 2 rings (SSSR count). The van der Waals surface area contributed by atoms with Gasteiger partial charge in [-0.3, -0.25) is 4.98 Å². The molecule has 1 N–H and O–H groups in total. The van der Waals surface area contributed by atoms with Gasteiger partial charge in [0, 0.05) is 12.2 Å². The second-order valence-corrected chi connectivity index (χ2v) is 4.18. The molecule has 1 aliphatic rings. The molecule has 2 unspecified atom stereocenters. The molecule has 0 saturated carbocycles. The zero-order valence-corrected chi connectivity index (χ0v) is 9.24. The monoisotopic (exact) mass is 202 g/mol. The highest BCUT2D eigenvalue weighted by molar-refractivity contribution is 5.25. The third-order valence-corrected chi connectivity index (χ3v) is 3.01. The fourth-order valence-electron chi connectivity index (χ4n) is 2.16. The smallest absolute Gasteiger partial charge is 0.0605 e. The van der Waals surface area contributed by atoms with Crippen LogP contribution in [0.5, 0.6) is 0 Å². The lowest BCUT2D eigenvalue weighted by Gasteiger charge is -2.27. The summed E-state index contributed by atoms with van der Waals surface area (Å²) in [4.78, 5) is 4.49.